The molecule has 0 aliphatic carbocycles. The SMILES string of the molecule is CC(NCCS(C)(=O)=O)c1ccc(-c2c(O)ccc3[nH]c(=O)c4sccc4c23)cc1.Cl. The van der Waals surface area contributed by atoms with E-state index < -0.39 is 9.84 Å². The van der Waals surface area contributed by atoms with E-state index in [1.54, 1.807) is 12.1 Å². The monoisotopic (exact) mass is 478 g/mol. The molecule has 4 rings (SSSR count). The molecule has 164 valence electrons. The molecule has 1 unspecified atom stereocenters. The minimum atomic E-state index is -3.00. The number of fused-ring (bicyclic) bond motifs is 3. The van der Waals surface area contributed by atoms with Crippen LogP contribution in [0.1, 0.15) is 18.5 Å². The summed E-state index contributed by atoms with van der Waals surface area (Å²) in [6.45, 7) is 2.36. The first-order valence-corrected chi connectivity index (χ1v) is 12.5. The van der Waals surface area contributed by atoms with Gasteiger partial charge in [0.15, 0.2) is 0 Å². The number of aromatic hydroxyl groups is 1. The standard InChI is InChI=1S/C22H22N2O4S2.ClH/c1-13(23-10-12-30(2,27)28)14-3-5-15(6-4-14)19-18(25)8-7-17-20(19)16-9-11-29-21(16)22(26)24-17;/h3-9,11,13,23,25H,10,12H2,1-2H3,(H,24,26);1H. The highest BCUT2D eigenvalue weighted by molar-refractivity contribution is 7.90. The number of hydrogen-bond acceptors (Lipinski definition) is 6. The smallest absolute Gasteiger partial charge is 0.266 e. The maximum Gasteiger partial charge on any atom is 0.266 e. The third-order valence-electron chi connectivity index (χ3n) is 5.20. The topological polar surface area (TPSA) is 99.3 Å². The minimum absolute atomic E-state index is 0. The molecule has 2 aromatic carbocycles. The van der Waals surface area contributed by atoms with Crippen LogP contribution in [0.4, 0.5) is 0 Å². The zero-order chi connectivity index (χ0) is 21.5. The van der Waals surface area contributed by atoms with Gasteiger partial charge in [-0.2, -0.15) is 0 Å². The van der Waals surface area contributed by atoms with Gasteiger partial charge in [-0.3, -0.25) is 4.79 Å². The van der Waals surface area contributed by atoms with Crippen molar-refractivity contribution < 1.29 is 13.5 Å². The van der Waals surface area contributed by atoms with Crippen molar-refractivity contribution in [1.82, 2.24) is 10.3 Å². The molecule has 2 aromatic heterocycles. The summed E-state index contributed by atoms with van der Waals surface area (Å²) in [4.78, 5) is 15.2. The number of halogens is 1. The molecule has 9 heteroatoms. The maximum atomic E-state index is 12.3. The second-order valence-corrected chi connectivity index (χ2v) is 10.6. The molecule has 0 aliphatic rings. The fraction of sp³-hybridized carbons (Fsp3) is 0.227. The number of phenolic OH excluding ortho intramolecular Hbond substituents is 1. The average Bonchev–Trinajstić information content (AvgIpc) is 3.18. The predicted octanol–water partition coefficient (Wildman–Crippen LogP) is 4.23. The second-order valence-electron chi connectivity index (χ2n) is 7.43. The van der Waals surface area contributed by atoms with E-state index in [-0.39, 0.29) is 35.5 Å². The van der Waals surface area contributed by atoms with Crippen LogP contribution in [-0.4, -0.2) is 37.1 Å². The van der Waals surface area contributed by atoms with Crippen molar-refractivity contribution in [2.24, 2.45) is 0 Å². The lowest BCUT2D eigenvalue weighted by Gasteiger charge is -2.15. The molecule has 2 heterocycles. The first kappa shape index (κ1) is 23.3. The van der Waals surface area contributed by atoms with Gasteiger partial charge in [0.25, 0.3) is 5.56 Å². The van der Waals surface area contributed by atoms with Gasteiger partial charge >= 0.3 is 0 Å². The number of rotatable bonds is 6. The molecule has 0 aliphatic heterocycles. The number of aromatic amines is 1. The molecule has 1 atom stereocenters. The van der Waals surface area contributed by atoms with E-state index in [1.165, 1.54) is 17.6 Å². The Labute approximate surface area is 190 Å². The lowest BCUT2D eigenvalue weighted by atomic mass is 9.95. The Morgan fingerprint density at radius 1 is 1.13 bits per heavy atom. The number of phenols is 1. The third kappa shape index (κ3) is 4.77. The van der Waals surface area contributed by atoms with Crippen LogP contribution >= 0.6 is 23.7 Å². The fourth-order valence-electron chi connectivity index (χ4n) is 3.65. The summed E-state index contributed by atoms with van der Waals surface area (Å²) in [6.07, 6.45) is 1.22. The van der Waals surface area contributed by atoms with Crippen molar-refractivity contribution in [1.29, 1.82) is 0 Å². The van der Waals surface area contributed by atoms with Gasteiger partial charge in [-0.05, 0) is 41.6 Å². The van der Waals surface area contributed by atoms with Crippen molar-refractivity contribution in [3.8, 4) is 16.9 Å². The predicted molar refractivity (Wildman–Crippen MR) is 130 cm³/mol. The highest BCUT2D eigenvalue weighted by atomic mass is 35.5. The summed E-state index contributed by atoms with van der Waals surface area (Å²) in [5.74, 6) is 0.239. The van der Waals surface area contributed by atoms with Crippen LogP contribution < -0.4 is 10.9 Å². The van der Waals surface area contributed by atoms with E-state index in [0.29, 0.717) is 22.3 Å². The van der Waals surface area contributed by atoms with Gasteiger partial charge in [0.1, 0.15) is 20.3 Å². The van der Waals surface area contributed by atoms with Gasteiger partial charge in [-0.25, -0.2) is 8.42 Å². The van der Waals surface area contributed by atoms with Gasteiger partial charge < -0.3 is 15.4 Å². The van der Waals surface area contributed by atoms with Crippen LogP contribution in [0.3, 0.4) is 0 Å². The normalized spacial score (nSPS) is 12.7. The lowest BCUT2D eigenvalue weighted by Crippen LogP contribution is -2.25. The molecule has 0 radical (unpaired) electrons. The lowest BCUT2D eigenvalue weighted by molar-refractivity contribution is 0.478. The van der Waals surface area contributed by atoms with Crippen LogP contribution in [0.15, 0.2) is 52.6 Å². The van der Waals surface area contributed by atoms with E-state index in [0.717, 1.165) is 21.9 Å². The molecule has 0 saturated carbocycles. The molecule has 4 aromatic rings. The number of thiophene rings is 1. The summed E-state index contributed by atoms with van der Waals surface area (Å²) in [5, 5.41) is 17.4. The quantitative estimate of drug-likeness (QED) is 0.385. The number of pyridine rings is 1. The molecule has 31 heavy (non-hydrogen) atoms. The summed E-state index contributed by atoms with van der Waals surface area (Å²) in [6, 6.07) is 13.0. The molecular formula is C22H23ClN2O4S2. The molecule has 0 bridgehead atoms. The van der Waals surface area contributed by atoms with Crippen molar-refractivity contribution in [3.05, 3.63) is 63.8 Å². The fourth-order valence-corrected chi connectivity index (χ4v) is 4.93. The Hall–Kier alpha value is -2.39. The van der Waals surface area contributed by atoms with E-state index in [9.17, 15) is 18.3 Å². The number of nitrogens with one attached hydrogen (secondary N) is 2. The largest absolute Gasteiger partial charge is 0.507 e. The second kappa shape index (κ2) is 9.00. The Kier molecular flexibility index (Phi) is 6.76. The molecule has 6 nitrogen and oxygen atoms in total. The Morgan fingerprint density at radius 2 is 1.84 bits per heavy atom. The molecular weight excluding hydrogens is 456 g/mol. The van der Waals surface area contributed by atoms with Crippen molar-refractivity contribution in [3.63, 3.8) is 0 Å². The summed E-state index contributed by atoms with van der Waals surface area (Å²) in [5.41, 5.74) is 3.08. The van der Waals surface area contributed by atoms with E-state index >= 15 is 0 Å². The summed E-state index contributed by atoms with van der Waals surface area (Å²) < 4.78 is 23.2. The van der Waals surface area contributed by atoms with E-state index in [1.807, 2.05) is 42.6 Å². The Balaban J connectivity index is 0.00000272. The van der Waals surface area contributed by atoms with Crippen molar-refractivity contribution in [2.45, 2.75) is 13.0 Å². The number of H-pyrrole nitrogens is 1. The first-order chi connectivity index (χ1) is 14.2. The van der Waals surface area contributed by atoms with Gasteiger partial charge in [-0.1, -0.05) is 24.3 Å². The zero-order valence-corrected chi connectivity index (χ0v) is 19.5. The average molecular weight is 479 g/mol. The number of benzene rings is 2. The summed E-state index contributed by atoms with van der Waals surface area (Å²) in [7, 11) is -3.00. The van der Waals surface area contributed by atoms with Crippen LogP contribution in [0.5, 0.6) is 5.75 Å². The highest BCUT2D eigenvalue weighted by Crippen LogP contribution is 2.39. The van der Waals surface area contributed by atoms with Crippen LogP contribution in [-0.2, 0) is 9.84 Å². The van der Waals surface area contributed by atoms with E-state index in [2.05, 4.69) is 10.3 Å². The maximum absolute atomic E-state index is 12.3. The van der Waals surface area contributed by atoms with Crippen LogP contribution in [0, 0.1) is 0 Å². The zero-order valence-electron chi connectivity index (χ0n) is 17.0. The Morgan fingerprint density at radius 3 is 2.52 bits per heavy atom. The molecule has 0 spiro atoms. The van der Waals surface area contributed by atoms with Crippen LogP contribution in [0.2, 0.25) is 0 Å². The van der Waals surface area contributed by atoms with Crippen molar-refractivity contribution >= 4 is 54.6 Å². The number of aromatic nitrogens is 1. The van der Waals surface area contributed by atoms with Gasteiger partial charge in [0.05, 0.1) is 5.75 Å². The molecule has 3 N–H and O–H groups in total. The van der Waals surface area contributed by atoms with Gasteiger partial charge in [0.2, 0.25) is 0 Å². The molecule has 0 fully saturated rings. The van der Waals surface area contributed by atoms with Gasteiger partial charge in [0, 0.05) is 40.7 Å². The molecule has 0 saturated heterocycles. The summed E-state index contributed by atoms with van der Waals surface area (Å²) >= 11 is 1.38. The van der Waals surface area contributed by atoms with Crippen molar-refractivity contribution in [2.75, 3.05) is 18.6 Å². The number of sulfone groups is 1. The minimum Gasteiger partial charge on any atom is -0.507 e. The first-order valence-electron chi connectivity index (χ1n) is 9.51. The molecule has 0 amide bonds. The Bertz CT molecular complexity index is 1390. The van der Waals surface area contributed by atoms with Crippen LogP contribution in [0.25, 0.3) is 32.1 Å². The van der Waals surface area contributed by atoms with Gasteiger partial charge in [-0.15, -0.1) is 23.7 Å². The third-order valence-corrected chi connectivity index (χ3v) is 7.05. The van der Waals surface area contributed by atoms with E-state index in [4.69, 9.17) is 0 Å². The highest BCUT2D eigenvalue weighted by Gasteiger charge is 2.16. The number of hydrogen-bond donors (Lipinski definition) is 3.